The molecular weight excluding hydrogens is 734 g/mol. The Morgan fingerprint density at radius 3 is 2.38 bits per heavy atom. The number of carbonyl (C=O) groups excluding carboxylic acids is 1. The number of phosphoric acid groups is 2. The number of carbonyl (C=O) groups is 1. The standard InChI is InChI=1S/C22H29N7O14P2.C6H15N/c1-38-22-27-15-18(23)25-9-26-20(15)29(22)14-5-11(30)12(41-14)7-39-44(34,35)43-45(36,37)40-8-13-16(31)17(32)21(42-13)28-4-2-3-10(6-28)19(24)33;1-4-7(5-2)6-3/h2-4,6,9,11-14,16-17,21,30-32H,5,7-8H2,1H3,(H5-,23,24,25,26,33,34,35,36,37);4-6H2,1-3H3/t11-,12+,13+,14+,16+,17+,21+;/m0./s1. The number of nitrogens with two attached hydrogens (primary N) is 2. The Labute approximate surface area is 298 Å². The van der Waals surface area contributed by atoms with Crippen molar-refractivity contribution < 1.29 is 71.2 Å². The van der Waals surface area contributed by atoms with Crippen molar-refractivity contribution in [2.45, 2.75) is 70.2 Å². The molecule has 5 heterocycles. The molecule has 0 saturated carbocycles. The summed E-state index contributed by atoms with van der Waals surface area (Å²) in [6.45, 7) is 8.39. The molecule has 0 spiro atoms. The molecule has 0 radical (unpaired) electrons. The highest BCUT2D eigenvalue weighted by Crippen LogP contribution is 2.58. The number of ether oxygens (including phenoxy) is 3. The van der Waals surface area contributed by atoms with Gasteiger partial charge in [-0.2, -0.15) is 9.55 Å². The summed E-state index contributed by atoms with van der Waals surface area (Å²) in [5.41, 5.74) is 11.6. The van der Waals surface area contributed by atoms with Gasteiger partial charge in [0.1, 0.15) is 36.4 Å². The third-order valence-electron chi connectivity index (χ3n) is 8.23. The van der Waals surface area contributed by atoms with Crippen molar-refractivity contribution in [1.82, 2.24) is 24.4 Å². The van der Waals surface area contributed by atoms with Crippen LogP contribution >= 0.6 is 15.6 Å². The highest BCUT2D eigenvalue weighted by Gasteiger charge is 2.49. The van der Waals surface area contributed by atoms with E-state index in [4.69, 9.17) is 30.2 Å². The van der Waals surface area contributed by atoms with Gasteiger partial charge in [0.05, 0.1) is 26.4 Å². The van der Waals surface area contributed by atoms with Gasteiger partial charge in [-0.25, -0.2) is 18.8 Å². The van der Waals surface area contributed by atoms with Gasteiger partial charge >= 0.3 is 13.8 Å². The number of nitrogens with zero attached hydrogens (tertiary/aromatic N) is 6. The molecule has 3 aromatic heterocycles. The van der Waals surface area contributed by atoms with Crippen LogP contribution in [0.1, 0.15) is 50.0 Å². The zero-order valence-electron chi connectivity index (χ0n) is 28.8. The molecule has 0 bridgehead atoms. The first kappa shape index (κ1) is 41.5. The van der Waals surface area contributed by atoms with Crippen LogP contribution < -0.4 is 25.7 Å². The van der Waals surface area contributed by atoms with Crippen molar-refractivity contribution in [2.24, 2.45) is 5.73 Å². The molecule has 1 amide bonds. The fourth-order valence-electron chi connectivity index (χ4n) is 5.42. The van der Waals surface area contributed by atoms with E-state index >= 15 is 0 Å². The van der Waals surface area contributed by atoms with E-state index in [1.54, 1.807) is 0 Å². The first-order chi connectivity index (χ1) is 24.5. The summed E-state index contributed by atoms with van der Waals surface area (Å²) in [5.74, 6) is -0.698. The topological polar surface area (TPSA) is 313 Å². The number of primary amides is 1. The number of anilines is 1. The van der Waals surface area contributed by atoms with Crippen LogP contribution in [0.25, 0.3) is 11.2 Å². The van der Waals surface area contributed by atoms with Crippen LogP contribution in [-0.2, 0) is 32.0 Å². The van der Waals surface area contributed by atoms with E-state index in [9.17, 15) is 39.0 Å². The van der Waals surface area contributed by atoms with Crippen molar-refractivity contribution >= 4 is 38.5 Å². The van der Waals surface area contributed by atoms with Crippen molar-refractivity contribution in [2.75, 3.05) is 45.7 Å². The molecule has 2 fully saturated rings. The summed E-state index contributed by atoms with van der Waals surface area (Å²) in [6, 6.07) is 2.87. The summed E-state index contributed by atoms with van der Waals surface area (Å²) in [5, 5.41) is 31.2. The number of hydrogen-bond donors (Lipinski definition) is 6. The zero-order valence-corrected chi connectivity index (χ0v) is 30.6. The number of methoxy groups -OCH3 is 1. The van der Waals surface area contributed by atoms with E-state index in [0.717, 1.165) is 0 Å². The van der Waals surface area contributed by atoms with Crippen molar-refractivity contribution in [3.63, 3.8) is 0 Å². The van der Waals surface area contributed by atoms with Crippen LogP contribution in [0.2, 0.25) is 0 Å². The second kappa shape index (κ2) is 17.7. The molecule has 2 aliphatic heterocycles. The predicted molar refractivity (Wildman–Crippen MR) is 176 cm³/mol. The molecule has 2 aliphatic rings. The first-order valence-electron chi connectivity index (χ1n) is 16.1. The highest BCUT2D eigenvalue weighted by molar-refractivity contribution is 7.60. The normalized spacial score (nSPS) is 26.8. The van der Waals surface area contributed by atoms with Crippen LogP contribution in [0.5, 0.6) is 6.01 Å². The number of amides is 1. The quantitative estimate of drug-likeness (QED) is 0.0774. The van der Waals surface area contributed by atoms with Gasteiger partial charge in [0.25, 0.3) is 20.0 Å². The Morgan fingerprint density at radius 2 is 1.77 bits per heavy atom. The molecule has 22 nitrogen and oxygen atoms in total. The van der Waals surface area contributed by atoms with Gasteiger partial charge in [-0.1, -0.05) is 20.8 Å². The minimum Gasteiger partial charge on any atom is -0.756 e. The Morgan fingerprint density at radius 1 is 1.10 bits per heavy atom. The summed E-state index contributed by atoms with van der Waals surface area (Å²) in [7, 11) is -9.62. The van der Waals surface area contributed by atoms with E-state index in [-0.39, 0.29) is 35.0 Å². The number of pyridine rings is 1. The fraction of sp³-hybridized carbons (Fsp3) is 0.607. The second-order valence-corrected chi connectivity index (χ2v) is 14.5. The molecule has 290 valence electrons. The number of phosphoric ester groups is 2. The molecule has 3 aromatic rings. The number of nitrogen functional groups attached to an aromatic ring is 1. The summed E-state index contributed by atoms with van der Waals surface area (Å²) in [4.78, 5) is 48.4. The maximum atomic E-state index is 12.4. The van der Waals surface area contributed by atoms with E-state index < -0.39 is 77.7 Å². The van der Waals surface area contributed by atoms with Gasteiger partial charge < -0.3 is 60.2 Å². The smallest absolute Gasteiger partial charge is 0.478 e. The predicted octanol–water partition coefficient (Wildman–Crippen LogP) is -1.26. The lowest BCUT2D eigenvalue weighted by atomic mass is 10.1. The number of aliphatic hydroxyl groups excluding tert-OH is 3. The Hall–Kier alpha value is -3.21. The van der Waals surface area contributed by atoms with Crippen LogP contribution in [0.3, 0.4) is 0 Å². The van der Waals surface area contributed by atoms with E-state index in [0.29, 0.717) is 0 Å². The molecule has 2 unspecified atom stereocenters. The van der Waals surface area contributed by atoms with E-state index in [2.05, 4.69) is 49.5 Å². The van der Waals surface area contributed by atoms with Gasteiger partial charge in [-0.15, -0.1) is 0 Å². The number of rotatable bonds is 15. The minimum absolute atomic E-state index is 0.0320. The highest BCUT2D eigenvalue weighted by atomic mass is 31.3. The van der Waals surface area contributed by atoms with Gasteiger partial charge in [-0.3, -0.25) is 18.5 Å². The third kappa shape index (κ3) is 10.1. The van der Waals surface area contributed by atoms with Crippen LogP contribution in [0.15, 0.2) is 30.9 Å². The van der Waals surface area contributed by atoms with Crippen molar-refractivity contribution in [3.05, 3.63) is 36.4 Å². The summed E-state index contributed by atoms with van der Waals surface area (Å²) >= 11 is 0. The van der Waals surface area contributed by atoms with E-state index in [1.807, 2.05) is 0 Å². The summed E-state index contributed by atoms with van der Waals surface area (Å²) in [6.07, 6.45) is -5.63. The average molecular weight is 779 g/mol. The van der Waals surface area contributed by atoms with Crippen LogP contribution in [0.4, 0.5) is 5.82 Å². The number of hydrogen-bond acceptors (Lipinski definition) is 18. The Balaban J connectivity index is 0.000000785. The van der Waals surface area contributed by atoms with Gasteiger partial charge in [0.2, 0.25) is 0 Å². The molecule has 5 rings (SSSR count). The average Bonchev–Trinajstić information content (AvgIpc) is 3.76. The lowest BCUT2D eigenvalue weighted by Crippen LogP contribution is -2.46. The molecule has 24 heteroatoms. The third-order valence-corrected chi connectivity index (χ3v) is 10.8. The molecular formula is C28H44N8O14P2. The van der Waals surface area contributed by atoms with Crippen LogP contribution in [-0.4, -0.2) is 121 Å². The minimum atomic E-state index is -5.58. The number of imidazole rings is 1. The SMILES string of the molecule is CCN(CC)CC.COc1nc2c(N)ncnc2n1[C@H]1C[C@H](O)[C@@H](COP(=O)(O)OP(=O)([O-])OC[C@H]2O[C@@H]([n+]3cccc(C(N)=O)c3)[C@H](O)[C@@H]2O)O1. The second-order valence-electron chi connectivity index (χ2n) is 11.5. The fourth-order valence-corrected chi connectivity index (χ4v) is 7.47. The van der Waals surface area contributed by atoms with Crippen molar-refractivity contribution in [1.29, 1.82) is 0 Å². The monoisotopic (exact) mass is 778 g/mol. The van der Waals surface area contributed by atoms with E-state index in [1.165, 1.54) is 66.7 Å². The number of aromatic nitrogens is 5. The molecule has 0 aliphatic carbocycles. The maximum absolute atomic E-state index is 12.4. The summed E-state index contributed by atoms with van der Waals surface area (Å²) < 4.78 is 57.4. The van der Waals surface area contributed by atoms with Crippen LogP contribution in [0, 0.1) is 0 Å². The lowest BCUT2D eigenvalue weighted by Gasteiger charge is -2.26. The first-order valence-corrected chi connectivity index (χ1v) is 19.0. The Kier molecular flexibility index (Phi) is 14.2. The molecule has 9 atom stereocenters. The zero-order chi connectivity index (χ0) is 38.4. The van der Waals surface area contributed by atoms with Gasteiger partial charge in [0.15, 0.2) is 35.5 Å². The molecule has 8 N–H and O–H groups in total. The van der Waals surface area contributed by atoms with Gasteiger partial charge in [0, 0.05) is 12.5 Å². The molecule has 2 saturated heterocycles. The number of aliphatic hydroxyl groups is 3. The maximum Gasteiger partial charge on any atom is 0.478 e. The largest absolute Gasteiger partial charge is 0.756 e. The number of fused-ring (bicyclic) bond motifs is 1. The molecule has 52 heavy (non-hydrogen) atoms. The lowest BCUT2D eigenvalue weighted by molar-refractivity contribution is -0.765. The Bertz CT molecular complexity index is 1760. The van der Waals surface area contributed by atoms with Gasteiger partial charge in [-0.05, 0) is 25.7 Å². The van der Waals surface area contributed by atoms with Crippen molar-refractivity contribution in [3.8, 4) is 6.01 Å². The molecule has 0 aromatic carbocycles.